The number of carbonyl (C=O) groups is 1. The summed E-state index contributed by atoms with van der Waals surface area (Å²) in [5.74, 6) is 0.819. The number of rotatable bonds is 6. The van der Waals surface area contributed by atoms with Crippen LogP contribution in [0.2, 0.25) is 0 Å². The van der Waals surface area contributed by atoms with E-state index in [1.54, 1.807) is 11.2 Å². The standard InChI is InChI=1S/C19H24N2O3/c1-21(12-2-5-17-6-3-13-23-17)19(22)20-16-10-8-15(9-11-16)18-7-4-14-24-18/h4,7-11,14,17H,2-3,5-6,12-13H2,1H3,(H,20,22)/t17-/m1/s1. The van der Waals surface area contributed by atoms with Gasteiger partial charge in [0.25, 0.3) is 0 Å². The molecule has 128 valence electrons. The molecule has 3 rings (SSSR count). The Balaban J connectivity index is 1.45. The molecule has 1 aromatic carbocycles. The smallest absolute Gasteiger partial charge is 0.321 e. The fourth-order valence-corrected chi connectivity index (χ4v) is 2.91. The Labute approximate surface area is 142 Å². The predicted molar refractivity (Wildman–Crippen MR) is 94.0 cm³/mol. The van der Waals surface area contributed by atoms with Crippen LogP contribution in [0, 0.1) is 0 Å². The molecule has 0 radical (unpaired) electrons. The molecule has 1 N–H and O–H groups in total. The molecular weight excluding hydrogens is 304 g/mol. The van der Waals surface area contributed by atoms with Crippen LogP contribution in [-0.4, -0.2) is 37.2 Å². The van der Waals surface area contributed by atoms with Crippen molar-refractivity contribution in [2.45, 2.75) is 31.8 Å². The fraction of sp³-hybridized carbons (Fsp3) is 0.421. The van der Waals surface area contributed by atoms with Gasteiger partial charge in [-0.1, -0.05) is 0 Å². The van der Waals surface area contributed by atoms with E-state index in [0.29, 0.717) is 6.10 Å². The lowest BCUT2D eigenvalue weighted by molar-refractivity contribution is 0.101. The zero-order chi connectivity index (χ0) is 16.8. The van der Waals surface area contributed by atoms with Crippen LogP contribution < -0.4 is 5.32 Å². The molecule has 2 heterocycles. The Kier molecular flexibility index (Phi) is 5.54. The summed E-state index contributed by atoms with van der Waals surface area (Å²) in [6, 6.07) is 11.3. The van der Waals surface area contributed by atoms with Crippen molar-refractivity contribution in [3.63, 3.8) is 0 Å². The third-order valence-corrected chi connectivity index (χ3v) is 4.33. The van der Waals surface area contributed by atoms with Crippen molar-refractivity contribution < 1.29 is 13.9 Å². The molecule has 0 saturated carbocycles. The number of amides is 2. The first-order chi connectivity index (χ1) is 11.7. The highest BCUT2D eigenvalue weighted by Crippen LogP contribution is 2.22. The maximum Gasteiger partial charge on any atom is 0.321 e. The molecular formula is C19H24N2O3. The first-order valence-electron chi connectivity index (χ1n) is 8.50. The van der Waals surface area contributed by atoms with Gasteiger partial charge in [0, 0.05) is 31.5 Å². The molecule has 1 saturated heterocycles. The Bertz CT molecular complexity index is 631. The Morgan fingerprint density at radius 2 is 2.12 bits per heavy atom. The zero-order valence-corrected chi connectivity index (χ0v) is 14.0. The van der Waals surface area contributed by atoms with Crippen molar-refractivity contribution >= 4 is 11.7 Å². The monoisotopic (exact) mass is 328 g/mol. The summed E-state index contributed by atoms with van der Waals surface area (Å²) in [5.41, 5.74) is 1.77. The first kappa shape index (κ1) is 16.6. The number of anilines is 1. The number of nitrogens with one attached hydrogen (secondary N) is 1. The summed E-state index contributed by atoms with van der Waals surface area (Å²) < 4.78 is 11.0. The molecule has 1 fully saturated rings. The molecule has 1 aliphatic rings. The van der Waals surface area contributed by atoms with E-state index < -0.39 is 0 Å². The molecule has 1 aliphatic heterocycles. The number of furan rings is 1. The minimum Gasteiger partial charge on any atom is -0.464 e. The summed E-state index contributed by atoms with van der Waals surface area (Å²) in [5, 5.41) is 2.92. The molecule has 24 heavy (non-hydrogen) atoms. The van der Waals surface area contributed by atoms with Crippen LogP contribution in [-0.2, 0) is 4.74 Å². The SMILES string of the molecule is CN(CCC[C@@H]1CCCO1)C(=O)Nc1ccc(-c2ccco2)cc1. The van der Waals surface area contributed by atoms with Crippen LogP contribution in [0.1, 0.15) is 25.7 Å². The molecule has 0 bridgehead atoms. The molecule has 0 unspecified atom stereocenters. The van der Waals surface area contributed by atoms with Gasteiger partial charge in [-0.3, -0.25) is 0 Å². The Hall–Kier alpha value is -2.27. The summed E-state index contributed by atoms with van der Waals surface area (Å²) in [6.45, 7) is 1.62. The third-order valence-electron chi connectivity index (χ3n) is 4.33. The van der Waals surface area contributed by atoms with Crippen LogP contribution in [0.25, 0.3) is 11.3 Å². The minimum atomic E-state index is -0.0897. The second-order valence-corrected chi connectivity index (χ2v) is 6.18. The van der Waals surface area contributed by atoms with Crippen LogP contribution in [0.5, 0.6) is 0 Å². The predicted octanol–water partition coefficient (Wildman–Crippen LogP) is 4.37. The molecule has 1 atom stereocenters. The van der Waals surface area contributed by atoms with Crippen molar-refractivity contribution in [3.8, 4) is 11.3 Å². The lowest BCUT2D eigenvalue weighted by Gasteiger charge is -2.19. The number of benzene rings is 1. The second-order valence-electron chi connectivity index (χ2n) is 6.18. The van der Waals surface area contributed by atoms with E-state index in [1.165, 1.54) is 0 Å². The van der Waals surface area contributed by atoms with Gasteiger partial charge < -0.3 is 19.4 Å². The van der Waals surface area contributed by atoms with Crippen molar-refractivity contribution in [2.24, 2.45) is 0 Å². The zero-order valence-electron chi connectivity index (χ0n) is 14.0. The summed E-state index contributed by atoms with van der Waals surface area (Å²) >= 11 is 0. The third kappa shape index (κ3) is 4.38. The quantitative estimate of drug-likeness (QED) is 0.856. The molecule has 2 amide bonds. The van der Waals surface area contributed by atoms with Gasteiger partial charge in [-0.2, -0.15) is 0 Å². The molecule has 5 heteroatoms. The maximum atomic E-state index is 12.2. The van der Waals surface area contributed by atoms with E-state index in [1.807, 2.05) is 43.4 Å². The minimum absolute atomic E-state index is 0.0897. The number of hydrogen-bond donors (Lipinski definition) is 1. The van der Waals surface area contributed by atoms with Crippen molar-refractivity contribution in [3.05, 3.63) is 42.7 Å². The Morgan fingerprint density at radius 3 is 2.79 bits per heavy atom. The van der Waals surface area contributed by atoms with Gasteiger partial charge in [-0.05, 0) is 62.1 Å². The first-order valence-corrected chi connectivity index (χ1v) is 8.50. The van der Waals surface area contributed by atoms with E-state index >= 15 is 0 Å². The highest BCUT2D eigenvalue weighted by atomic mass is 16.5. The van der Waals surface area contributed by atoms with Gasteiger partial charge in [-0.15, -0.1) is 0 Å². The fourth-order valence-electron chi connectivity index (χ4n) is 2.91. The van der Waals surface area contributed by atoms with Crippen molar-refractivity contribution in [1.29, 1.82) is 0 Å². The number of ether oxygens (including phenoxy) is 1. The van der Waals surface area contributed by atoms with Gasteiger partial charge in [0.1, 0.15) is 5.76 Å². The summed E-state index contributed by atoms with van der Waals surface area (Å²) in [6.07, 6.45) is 6.33. The number of carbonyl (C=O) groups excluding carboxylic acids is 1. The van der Waals surface area contributed by atoms with Gasteiger partial charge in [0.2, 0.25) is 0 Å². The number of urea groups is 1. The van der Waals surface area contributed by atoms with Gasteiger partial charge in [-0.25, -0.2) is 4.79 Å². The molecule has 0 aliphatic carbocycles. The van der Waals surface area contributed by atoms with Crippen molar-refractivity contribution in [1.82, 2.24) is 4.90 Å². The summed E-state index contributed by atoms with van der Waals surface area (Å²) in [4.78, 5) is 13.9. The lowest BCUT2D eigenvalue weighted by atomic mass is 10.1. The molecule has 5 nitrogen and oxygen atoms in total. The Morgan fingerprint density at radius 1 is 1.29 bits per heavy atom. The molecule has 1 aromatic heterocycles. The second kappa shape index (κ2) is 8.02. The normalized spacial score (nSPS) is 17.0. The molecule has 2 aromatic rings. The van der Waals surface area contributed by atoms with Crippen LogP contribution in [0.15, 0.2) is 47.1 Å². The maximum absolute atomic E-state index is 12.2. The number of nitrogens with zero attached hydrogens (tertiary/aromatic N) is 1. The van der Waals surface area contributed by atoms with Crippen molar-refractivity contribution in [2.75, 3.05) is 25.5 Å². The average molecular weight is 328 g/mol. The van der Waals surface area contributed by atoms with Crippen LogP contribution in [0.3, 0.4) is 0 Å². The van der Waals surface area contributed by atoms with E-state index in [-0.39, 0.29) is 6.03 Å². The molecule has 0 spiro atoms. The highest BCUT2D eigenvalue weighted by Gasteiger charge is 2.16. The van der Waals surface area contributed by atoms with E-state index in [2.05, 4.69) is 5.32 Å². The van der Waals surface area contributed by atoms with E-state index in [0.717, 1.165) is 55.8 Å². The summed E-state index contributed by atoms with van der Waals surface area (Å²) in [7, 11) is 1.82. The topological polar surface area (TPSA) is 54.7 Å². The van der Waals surface area contributed by atoms with Crippen LogP contribution in [0.4, 0.5) is 10.5 Å². The largest absolute Gasteiger partial charge is 0.464 e. The highest BCUT2D eigenvalue weighted by molar-refractivity contribution is 5.89. The lowest BCUT2D eigenvalue weighted by Crippen LogP contribution is -2.32. The average Bonchev–Trinajstić information content (AvgIpc) is 3.29. The van der Waals surface area contributed by atoms with E-state index in [9.17, 15) is 4.79 Å². The number of hydrogen-bond acceptors (Lipinski definition) is 3. The van der Waals surface area contributed by atoms with Gasteiger partial charge >= 0.3 is 6.03 Å². The van der Waals surface area contributed by atoms with E-state index in [4.69, 9.17) is 9.15 Å². The van der Waals surface area contributed by atoms with Crippen LogP contribution >= 0.6 is 0 Å². The van der Waals surface area contributed by atoms with Gasteiger partial charge in [0.15, 0.2) is 0 Å². The van der Waals surface area contributed by atoms with Gasteiger partial charge in [0.05, 0.1) is 12.4 Å².